The molecule has 1 aliphatic heterocycles. The summed E-state index contributed by atoms with van der Waals surface area (Å²) in [6.45, 7) is 0.746. The molecule has 1 heterocycles. The Bertz CT molecular complexity index is 570. The van der Waals surface area contributed by atoms with Crippen molar-refractivity contribution in [2.45, 2.75) is 18.7 Å². The Morgan fingerprint density at radius 1 is 0.900 bits per heavy atom. The molecule has 2 aromatic carbocycles. The Kier molecular flexibility index (Phi) is 4.07. The van der Waals surface area contributed by atoms with Crippen molar-refractivity contribution in [2.75, 3.05) is 5.75 Å². The lowest BCUT2D eigenvalue weighted by atomic mass is 10.2. The van der Waals surface area contributed by atoms with Gasteiger partial charge >= 0.3 is 0 Å². The molecular weight excluding hydrogens is 266 g/mol. The van der Waals surface area contributed by atoms with E-state index in [9.17, 15) is 4.79 Å². The van der Waals surface area contributed by atoms with Crippen LogP contribution in [-0.4, -0.2) is 16.0 Å². The van der Waals surface area contributed by atoms with E-state index in [0.717, 1.165) is 18.1 Å². The predicted octanol–water partition coefficient (Wildman–Crippen LogP) is 3.15. The number of amides is 1. The molecule has 0 aliphatic carbocycles. The van der Waals surface area contributed by atoms with Crippen molar-refractivity contribution < 1.29 is 4.79 Å². The number of hydrogen-bond acceptors (Lipinski definition) is 1. The zero-order valence-electron chi connectivity index (χ0n) is 11.4. The van der Waals surface area contributed by atoms with Crippen LogP contribution in [0.3, 0.4) is 0 Å². The van der Waals surface area contributed by atoms with Gasteiger partial charge in [0.1, 0.15) is 16.8 Å². The first-order valence-corrected chi connectivity index (χ1v) is 8.41. The van der Waals surface area contributed by atoms with Crippen LogP contribution in [0, 0.1) is 0 Å². The summed E-state index contributed by atoms with van der Waals surface area (Å²) in [4.78, 5) is 12.1. The third kappa shape index (κ3) is 3.05. The highest BCUT2D eigenvalue weighted by Crippen LogP contribution is 2.24. The van der Waals surface area contributed by atoms with Crippen molar-refractivity contribution in [1.82, 2.24) is 4.31 Å². The Hall–Kier alpha value is -1.74. The van der Waals surface area contributed by atoms with Crippen LogP contribution in [-0.2, 0) is 28.2 Å². The normalized spacial score (nSPS) is 18.5. The molecule has 2 nitrogen and oxygen atoms in total. The fourth-order valence-electron chi connectivity index (χ4n) is 2.43. The van der Waals surface area contributed by atoms with Crippen LogP contribution in [0.4, 0.5) is 0 Å². The van der Waals surface area contributed by atoms with Gasteiger partial charge in [0.15, 0.2) is 5.75 Å². The van der Waals surface area contributed by atoms with E-state index in [2.05, 4.69) is 40.7 Å². The molecule has 2 aromatic rings. The van der Waals surface area contributed by atoms with Crippen molar-refractivity contribution in [2.24, 2.45) is 0 Å². The third-order valence-electron chi connectivity index (χ3n) is 3.49. The molecule has 1 amide bonds. The molecule has 0 radical (unpaired) electrons. The molecule has 0 N–H and O–H groups in total. The van der Waals surface area contributed by atoms with Crippen molar-refractivity contribution in [3.63, 3.8) is 0 Å². The van der Waals surface area contributed by atoms with Gasteiger partial charge in [-0.15, -0.1) is 0 Å². The maximum absolute atomic E-state index is 12.1. The molecule has 3 heteroatoms. The van der Waals surface area contributed by atoms with Crippen LogP contribution in [0.25, 0.3) is 0 Å². The lowest BCUT2D eigenvalue weighted by Crippen LogP contribution is -2.30. The van der Waals surface area contributed by atoms with Gasteiger partial charge in [0.25, 0.3) is 5.91 Å². The second-order valence-electron chi connectivity index (χ2n) is 4.96. The number of benzene rings is 2. The number of hydrogen-bond donors (Lipinski definition) is 0. The standard InChI is InChI=1S/C17H18NOS/c19-17-11-12-20(14-16-9-5-2-6-10-16)18(17)13-15-7-3-1-4-8-15/h1-10H,11-14H2/q+1. The zero-order chi connectivity index (χ0) is 13.8. The summed E-state index contributed by atoms with van der Waals surface area (Å²) in [5.41, 5.74) is 2.54. The third-order valence-corrected chi connectivity index (χ3v) is 5.78. The minimum atomic E-state index is 0.0372. The van der Waals surface area contributed by atoms with Gasteiger partial charge in [-0.05, 0) is 5.56 Å². The molecule has 1 unspecified atom stereocenters. The van der Waals surface area contributed by atoms with Gasteiger partial charge in [-0.25, -0.2) is 0 Å². The molecule has 1 aliphatic rings. The maximum Gasteiger partial charge on any atom is 0.268 e. The first kappa shape index (κ1) is 13.3. The van der Waals surface area contributed by atoms with E-state index < -0.39 is 0 Å². The summed E-state index contributed by atoms with van der Waals surface area (Å²) in [7, 11) is 0. The van der Waals surface area contributed by atoms with Crippen molar-refractivity contribution in [3.05, 3.63) is 71.8 Å². The summed E-state index contributed by atoms with van der Waals surface area (Å²) in [5.74, 6) is 2.29. The van der Waals surface area contributed by atoms with E-state index >= 15 is 0 Å². The molecule has 20 heavy (non-hydrogen) atoms. The summed E-state index contributed by atoms with van der Waals surface area (Å²) < 4.78 is 2.07. The summed E-state index contributed by atoms with van der Waals surface area (Å²) in [5, 5.41) is 0. The van der Waals surface area contributed by atoms with E-state index in [1.165, 1.54) is 11.1 Å². The molecule has 0 bridgehead atoms. The van der Waals surface area contributed by atoms with Gasteiger partial charge in [-0.2, -0.15) is 4.31 Å². The number of carbonyl (C=O) groups excluding carboxylic acids is 1. The van der Waals surface area contributed by atoms with Crippen LogP contribution in [0.2, 0.25) is 0 Å². The molecule has 102 valence electrons. The first-order chi connectivity index (χ1) is 9.83. The molecule has 3 rings (SSSR count). The first-order valence-electron chi connectivity index (χ1n) is 6.89. The van der Waals surface area contributed by atoms with Crippen molar-refractivity contribution in [1.29, 1.82) is 0 Å². The molecule has 0 spiro atoms. The molecule has 1 atom stereocenters. The molecule has 1 saturated heterocycles. The fourth-order valence-corrected chi connectivity index (χ4v) is 4.65. The quantitative estimate of drug-likeness (QED) is 0.790. The van der Waals surface area contributed by atoms with Crippen molar-refractivity contribution >= 4 is 17.0 Å². The Labute approximate surface area is 122 Å². The smallest absolute Gasteiger partial charge is 0.268 e. The minimum Gasteiger partial charge on any atom is -0.270 e. The van der Waals surface area contributed by atoms with E-state index in [-0.39, 0.29) is 11.1 Å². The summed E-state index contributed by atoms with van der Waals surface area (Å²) in [6.07, 6.45) is 0.697. The van der Waals surface area contributed by atoms with Crippen LogP contribution in [0.15, 0.2) is 60.7 Å². The summed E-state index contributed by atoms with van der Waals surface area (Å²) >= 11 is 0.0372. The van der Waals surface area contributed by atoms with Gasteiger partial charge < -0.3 is 0 Å². The Morgan fingerprint density at radius 2 is 1.50 bits per heavy atom. The maximum atomic E-state index is 12.1. The van der Waals surface area contributed by atoms with Gasteiger partial charge in [0.2, 0.25) is 0 Å². The monoisotopic (exact) mass is 284 g/mol. The van der Waals surface area contributed by atoms with Crippen LogP contribution in [0.1, 0.15) is 17.5 Å². The Balaban J connectivity index is 1.72. The lowest BCUT2D eigenvalue weighted by Gasteiger charge is -2.15. The highest BCUT2D eigenvalue weighted by Gasteiger charge is 2.40. The molecular formula is C17H18NOS+. The number of rotatable bonds is 4. The van der Waals surface area contributed by atoms with E-state index in [4.69, 9.17) is 0 Å². The van der Waals surface area contributed by atoms with Crippen LogP contribution in [0.5, 0.6) is 0 Å². The molecule has 0 aromatic heterocycles. The topological polar surface area (TPSA) is 20.3 Å². The van der Waals surface area contributed by atoms with E-state index in [0.29, 0.717) is 12.3 Å². The summed E-state index contributed by atoms with van der Waals surface area (Å²) in [6, 6.07) is 20.7. The van der Waals surface area contributed by atoms with Gasteiger partial charge in [-0.1, -0.05) is 60.7 Å². The van der Waals surface area contributed by atoms with Gasteiger partial charge in [-0.3, -0.25) is 4.79 Å². The van der Waals surface area contributed by atoms with Crippen LogP contribution < -0.4 is 0 Å². The average molecular weight is 284 g/mol. The Morgan fingerprint density at radius 3 is 2.15 bits per heavy atom. The molecule has 0 saturated carbocycles. The lowest BCUT2D eigenvalue weighted by molar-refractivity contribution is -0.125. The number of carbonyl (C=O) groups is 1. The zero-order valence-corrected chi connectivity index (χ0v) is 12.2. The predicted molar refractivity (Wildman–Crippen MR) is 84.0 cm³/mol. The SMILES string of the molecule is O=C1CC[S+](Cc2ccccc2)N1Cc1ccccc1. The largest absolute Gasteiger partial charge is 0.270 e. The van der Waals surface area contributed by atoms with Crippen molar-refractivity contribution in [3.8, 4) is 0 Å². The molecule has 1 fully saturated rings. The van der Waals surface area contributed by atoms with Gasteiger partial charge in [0, 0.05) is 5.56 Å². The fraction of sp³-hybridized carbons (Fsp3) is 0.235. The van der Waals surface area contributed by atoms with E-state index in [1.807, 2.05) is 24.3 Å². The van der Waals surface area contributed by atoms with Gasteiger partial charge in [0.05, 0.1) is 13.0 Å². The van der Waals surface area contributed by atoms with E-state index in [1.54, 1.807) is 0 Å². The minimum absolute atomic E-state index is 0.0372. The highest BCUT2D eigenvalue weighted by atomic mass is 32.2. The number of nitrogens with zero attached hydrogens (tertiary/aromatic N) is 1. The second-order valence-corrected chi connectivity index (χ2v) is 7.02. The average Bonchev–Trinajstić information content (AvgIpc) is 2.83. The second kappa shape index (κ2) is 6.14. The highest BCUT2D eigenvalue weighted by molar-refractivity contribution is 7.94. The van der Waals surface area contributed by atoms with Crippen LogP contribution >= 0.6 is 0 Å².